The van der Waals surface area contributed by atoms with Crippen molar-refractivity contribution in [1.82, 2.24) is 47.9 Å². The molecule has 1 aromatic rings. The normalized spacial score (nSPS) is 26.5. The van der Waals surface area contributed by atoms with E-state index >= 15 is 0 Å². The van der Waals surface area contributed by atoms with Gasteiger partial charge in [0.2, 0.25) is 53.2 Å². The highest BCUT2D eigenvalue weighted by molar-refractivity contribution is 5.98. The first-order chi connectivity index (χ1) is 37.1. The summed E-state index contributed by atoms with van der Waals surface area (Å²) in [5.41, 5.74) is 18.5. The van der Waals surface area contributed by atoms with Gasteiger partial charge in [-0.2, -0.15) is 0 Å². The highest BCUT2D eigenvalue weighted by Gasteiger charge is 2.38. The number of cyclic esters (lactones) is 1. The van der Waals surface area contributed by atoms with E-state index in [1.54, 1.807) is 71.9 Å². The van der Waals surface area contributed by atoms with Gasteiger partial charge in [0.1, 0.15) is 54.4 Å². The molecule has 2 rings (SSSR count). The number of carbonyl (C=O) groups is 10. The molecule has 1 aliphatic rings. The van der Waals surface area contributed by atoms with Crippen molar-refractivity contribution < 1.29 is 57.8 Å². The smallest absolute Gasteiger partial charge is 0.331 e. The molecule has 1 fully saturated rings. The first-order valence-electron chi connectivity index (χ1n) is 27.9. The standard InChI is InChI=1S/C55H94N12O12/c1-12-33(10)45-54(77)61-38(19-22-57)47(70)63-42(27-35-16-14-13-15-17-35)51(74)62-40(25-30(4)5)50(73)60-39(20-23-58)49(72)65-44(32(8)9)53(76)64-41(26-31(6)7)52(75)67-46(34(11)68)55(78)79-36(24-29(2)3)28-43(69)59-37(18-21-56)48(71)66-45/h13-17,29-34,36-42,44-46,68H,12,18-28,56-58H2,1-11H3,(H,59,69)(H,60,73)(H,61,77)(H,62,74)(H,63,70)(H,64,76)(H,65,72)(H,66,71)(H,67,75)/t33?,34-,36?,37?,38?,39?,40?,41?,42?,44?,45?,46+/m1/s1. The number of esters is 1. The first kappa shape index (κ1) is 68.9. The number of amides is 9. The van der Waals surface area contributed by atoms with Crippen molar-refractivity contribution in [2.24, 2.45) is 46.8 Å². The van der Waals surface area contributed by atoms with Crippen LogP contribution in [0.15, 0.2) is 30.3 Å². The molecule has 10 unspecified atom stereocenters. The van der Waals surface area contributed by atoms with Gasteiger partial charge in [-0.1, -0.05) is 106 Å². The van der Waals surface area contributed by atoms with Crippen LogP contribution in [0.3, 0.4) is 0 Å². The average Bonchev–Trinajstić information content (AvgIpc) is 3.36. The quantitative estimate of drug-likeness (QED) is 0.0799. The minimum Gasteiger partial charge on any atom is -0.460 e. The second kappa shape index (κ2) is 34.7. The van der Waals surface area contributed by atoms with Gasteiger partial charge in [0.05, 0.1) is 12.5 Å². The average molecular weight is 1120 g/mol. The Morgan fingerprint density at radius 1 is 0.481 bits per heavy atom. The van der Waals surface area contributed by atoms with Crippen molar-refractivity contribution in [3.63, 3.8) is 0 Å². The third-order valence-electron chi connectivity index (χ3n) is 13.4. The fourth-order valence-electron chi connectivity index (χ4n) is 8.88. The summed E-state index contributed by atoms with van der Waals surface area (Å²) in [6.07, 6.45) is -2.81. The zero-order valence-corrected chi connectivity index (χ0v) is 48.3. The predicted octanol–water partition coefficient (Wildman–Crippen LogP) is -0.825. The number of rotatable bonds is 18. The zero-order valence-electron chi connectivity index (χ0n) is 48.3. The largest absolute Gasteiger partial charge is 0.460 e. The van der Waals surface area contributed by atoms with E-state index in [1.165, 1.54) is 6.92 Å². The lowest BCUT2D eigenvalue weighted by Crippen LogP contribution is -2.62. The predicted molar refractivity (Wildman–Crippen MR) is 297 cm³/mol. The number of aliphatic hydroxyl groups is 1. The molecule has 12 atom stereocenters. The van der Waals surface area contributed by atoms with Crippen molar-refractivity contribution in [1.29, 1.82) is 0 Å². The van der Waals surface area contributed by atoms with Crippen LogP contribution in [0.4, 0.5) is 0 Å². The van der Waals surface area contributed by atoms with Crippen LogP contribution in [0.2, 0.25) is 0 Å². The number of nitrogens with two attached hydrogens (primary N) is 3. The van der Waals surface area contributed by atoms with Gasteiger partial charge in [-0.15, -0.1) is 0 Å². The Balaban J connectivity index is 2.84. The maximum Gasteiger partial charge on any atom is 0.331 e. The first-order valence-corrected chi connectivity index (χ1v) is 27.9. The SMILES string of the molecule is CCC(C)C1NC(=O)C(CCN)NC(=O)CC(CC(C)C)OC(=O)[C@H]([C@@H](C)O)NC(=O)C(CC(C)C)NC(=O)C(C(C)C)NC(=O)C(CCN)NC(=O)C(CC(C)C)NC(=O)C(Cc2ccccc2)NC(=O)C(CCN)NC1=O. The summed E-state index contributed by atoms with van der Waals surface area (Å²) in [4.78, 5) is 142. The van der Waals surface area contributed by atoms with Crippen molar-refractivity contribution in [3.8, 4) is 0 Å². The van der Waals surface area contributed by atoms with E-state index in [2.05, 4.69) is 47.9 Å². The Hall–Kier alpha value is -6.24. The van der Waals surface area contributed by atoms with Crippen LogP contribution in [-0.4, -0.2) is 150 Å². The molecule has 1 saturated heterocycles. The number of benzene rings is 1. The van der Waals surface area contributed by atoms with Crippen LogP contribution < -0.4 is 65.1 Å². The molecule has 0 bridgehead atoms. The third-order valence-corrected chi connectivity index (χ3v) is 13.4. The molecule has 446 valence electrons. The minimum atomic E-state index is -1.68. The van der Waals surface area contributed by atoms with Crippen molar-refractivity contribution in [2.45, 2.75) is 201 Å². The second-order valence-electron chi connectivity index (χ2n) is 22.3. The maximum atomic E-state index is 14.5. The molecule has 9 amide bonds. The molecule has 0 radical (unpaired) electrons. The van der Waals surface area contributed by atoms with E-state index in [1.807, 2.05) is 27.7 Å². The lowest BCUT2D eigenvalue weighted by atomic mass is 9.96. The molecule has 24 heteroatoms. The molecule has 24 nitrogen and oxygen atoms in total. The Bertz CT molecular complexity index is 2160. The lowest BCUT2D eigenvalue weighted by molar-refractivity contribution is -0.158. The Morgan fingerprint density at radius 3 is 1.33 bits per heavy atom. The Labute approximate surface area is 466 Å². The zero-order chi connectivity index (χ0) is 59.7. The molecule has 0 aromatic heterocycles. The second-order valence-corrected chi connectivity index (χ2v) is 22.3. The fourth-order valence-corrected chi connectivity index (χ4v) is 8.88. The van der Waals surface area contributed by atoms with Crippen molar-refractivity contribution >= 4 is 59.1 Å². The van der Waals surface area contributed by atoms with Gasteiger partial charge in [0.15, 0.2) is 6.04 Å². The molecule has 0 aliphatic carbocycles. The number of aliphatic hydroxyl groups excluding tert-OH is 1. The van der Waals surface area contributed by atoms with Gasteiger partial charge < -0.3 is 74.9 Å². The minimum absolute atomic E-state index is 0.0490. The molecule has 1 heterocycles. The van der Waals surface area contributed by atoms with E-state index in [0.29, 0.717) is 12.0 Å². The van der Waals surface area contributed by atoms with Crippen LogP contribution in [-0.2, 0) is 59.1 Å². The van der Waals surface area contributed by atoms with E-state index in [4.69, 9.17) is 21.9 Å². The van der Waals surface area contributed by atoms with Crippen LogP contribution in [0.1, 0.15) is 133 Å². The van der Waals surface area contributed by atoms with Crippen LogP contribution in [0.5, 0.6) is 0 Å². The summed E-state index contributed by atoms with van der Waals surface area (Å²) in [5, 5.41) is 35.0. The number of hydrogen-bond donors (Lipinski definition) is 13. The van der Waals surface area contributed by atoms with E-state index in [9.17, 15) is 53.1 Å². The number of carbonyl (C=O) groups excluding carboxylic acids is 10. The monoisotopic (exact) mass is 1110 g/mol. The lowest BCUT2D eigenvalue weighted by Gasteiger charge is -2.30. The van der Waals surface area contributed by atoms with E-state index in [-0.39, 0.29) is 82.3 Å². The highest BCUT2D eigenvalue weighted by atomic mass is 16.5. The molecular formula is C55H94N12O12. The van der Waals surface area contributed by atoms with Crippen LogP contribution in [0, 0.1) is 29.6 Å². The summed E-state index contributed by atoms with van der Waals surface area (Å²) in [6, 6.07) is -3.33. The maximum absolute atomic E-state index is 14.5. The summed E-state index contributed by atoms with van der Waals surface area (Å²) < 4.78 is 5.81. The van der Waals surface area contributed by atoms with Crippen molar-refractivity contribution in [3.05, 3.63) is 35.9 Å². The topological polar surface area (TPSA) is 386 Å². The molecule has 1 aliphatic heterocycles. The van der Waals surface area contributed by atoms with Crippen molar-refractivity contribution in [2.75, 3.05) is 19.6 Å². The summed E-state index contributed by atoms with van der Waals surface area (Å²) in [6.45, 7) is 18.7. The summed E-state index contributed by atoms with van der Waals surface area (Å²) >= 11 is 0. The molecule has 1 aromatic carbocycles. The molecule has 0 saturated carbocycles. The fraction of sp³-hybridized carbons (Fsp3) is 0.709. The molecule has 79 heavy (non-hydrogen) atoms. The van der Waals surface area contributed by atoms with Gasteiger partial charge in [0.25, 0.3) is 0 Å². The van der Waals surface area contributed by atoms with Gasteiger partial charge in [0, 0.05) is 6.42 Å². The van der Waals surface area contributed by atoms with Gasteiger partial charge in [-0.3, -0.25) is 43.2 Å². The van der Waals surface area contributed by atoms with Gasteiger partial charge in [-0.25, -0.2) is 4.79 Å². The summed E-state index contributed by atoms with van der Waals surface area (Å²) in [5.74, 6) is -9.78. The Morgan fingerprint density at radius 2 is 0.861 bits per heavy atom. The van der Waals surface area contributed by atoms with E-state index < -0.39 is 144 Å². The van der Waals surface area contributed by atoms with Gasteiger partial charge >= 0.3 is 5.97 Å². The Kier molecular flexibility index (Phi) is 30.2. The molecular weight excluding hydrogens is 1020 g/mol. The third kappa shape index (κ3) is 23.9. The number of ether oxygens (including phenoxy) is 1. The molecule has 16 N–H and O–H groups in total. The highest BCUT2D eigenvalue weighted by Crippen LogP contribution is 2.17. The van der Waals surface area contributed by atoms with E-state index in [0.717, 1.165) is 0 Å². The summed E-state index contributed by atoms with van der Waals surface area (Å²) in [7, 11) is 0. The van der Waals surface area contributed by atoms with Crippen LogP contribution in [0.25, 0.3) is 0 Å². The van der Waals surface area contributed by atoms with Gasteiger partial charge in [-0.05, 0) is 100 Å². The number of nitrogens with one attached hydrogen (secondary N) is 9. The number of hydrogen-bond acceptors (Lipinski definition) is 15. The van der Waals surface area contributed by atoms with Crippen LogP contribution >= 0.6 is 0 Å². The molecule has 0 spiro atoms.